The summed E-state index contributed by atoms with van der Waals surface area (Å²) < 4.78 is 6.62. The summed E-state index contributed by atoms with van der Waals surface area (Å²) in [5, 5.41) is 0. The van der Waals surface area contributed by atoms with E-state index in [1.54, 1.807) is 7.11 Å². The van der Waals surface area contributed by atoms with Crippen molar-refractivity contribution in [3.63, 3.8) is 0 Å². The first-order chi connectivity index (χ1) is 8.79. The van der Waals surface area contributed by atoms with E-state index in [-0.39, 0.29) is 30.9 Å². The van der Waals surface area contributed by atoms with E-state index >= 15 is 0 Å². The van der Waals surface area contributed by atoms with E-state index in [2.05, 4.69) is 12.1 Å². The predicted molar refractivity (Wildman–Crippen MR) is 74.9 cm³/mol. The number of methoxy groups -OCH3 is 1. The van der Waals surface area contributed by atoms with Crippen LogP contribution in [-0.2, 0) is 0 Å². The molecule has 0 spiro atoms. The Labute approximate surface area is 118 Å². The summed E-state index contributed by atoms with van der Waals surface area (Å²) in [7, 11) is 1.62. The number of carbonyl (C=O) groups excluding carboxylic acids is 1. The van der Waals surface area contributed by atoms with Gasteiger partial charge < -0.3 is 0 Å². The fourth-order valence-electron chi connectivity index (χ4n) is 1.34. The van der Waals surface area contributed by atoms with E-state index < -0.39 is 0 Å². The van der Waals surface area contributed by atoms with Crippen LogP contribution >= 0.6 is 0 Å². The van der Waals surface area contributed by atoms with Gasteiger partial charge in [0.1, 0.15) is 0 Å². The minimum atomic E-state index is 0.0168. The molecule has 4 heteroatoms. The van der Waals surface area contributed by atoms with Crippen molar-refractivity contribution in [2.75, 3.05) is 7.11 Å². The van der Waals surface area contributed by atoms with Gasteiger partial charge in [-0.05, 0) is 0 Å². The second-order valence-electron chi connectivity index (χ2n) is 3.50. The first-order valence-electron chi connectivity index (χ1n) is 5.37. The average molecular weight is 370 g/mol. The van der Waals surface area contributed by atoms with Crippen LogP contribution in [-0.4, -0.2) is 38.1 Å². The van der Waals surface area contributed by atoms with Gasteiger partial charge in [-0.25, -0.2) is 0 Å². The van der Waals surface area contributed by atoms with E-state index in [1.165, 1.54) is 4.46 Å². The Morgan fingerprint density at radius 2 is 1.67 bits per heavy atom. The van der Waals surface area contributed by atoms with Crippen molar-refractivity contribution in [3.05, 3.63) is 60.2 Å². The van der Waals surface area contributed by atoms with Gasteiger partial charge in [-0.3, -0.25) is 0 Å². The number of benzene rings is 2. The van der Waals surface area contributed by atoms with Crippen LogP contribution in [0.2, 0.25) is 0 Å². The molecule has 0 atom stereocenters. The van der Waals surface area contributed by atoms with Crippen LogP contribution in [0.5, 0.6) is 5.75 Å². The summed E-state index contributed by atoms with van der Waals surface area (Å²) in [6.45, 7) is 0. The molecule has 0 saturated heterocycles. The zero-order chi connectivity index (χ0) is 12.8. The zero-order valence-corrected chi connectivity index (χ0v) is 13.3. The van der Waals surface area contributed by atoms with Crippen molar-refractivity contribution in [1.29, 1.82) is 0 Å². The van der Waals surface area contributed by atoms with Crippen molar-refractivity contribution in [1.82, 2.24) is 0 Å². The Morgan fingerprint density at radius 1 is 1.00 bits per heavy atom. The average Bonchev–Trinajstić information content (AvgIpc) is 2.46. The van der Waals surface area contributed by atoms with E-state index in [1.807, 2.05) is 42.5 Å². The molecule has 0 heterocycles. The number of rotatable bonds is 5. The first-order valence-corrected chi connectivity index (χ1v) is 11.4. The van der Waals surface area contributed by atoms with Gasteiger partial charge in [-0.1, -0.05) is 0 Å². The molecular weight excluding hydrogens is 358 g/mol. The van der Waals surface area contributed by atoms with E-state index in [0.29, 0.717) is 0 Å². The maximum atomic E-state index is 12.0. The molecule has 92 valence electrons. The van der Waals surface area contributed by atoms with Crippen molar-refractivity contribution >= 4 is 35.4 Å². The van der Waals surface area contributed by atoms with Gasteiger partial charge in [0.15, 0.2) is 0 Å². The second kappa shape index (κ2) is 6.77. The van der Waals surface area contributed by atoms with Crippen LogP contribution in [0.25, 0.3) is 0 Å². The van der Waals surface area contributed by atoms with Crippen LogP contribution in [0.3, 0.4) is 0 Å². The topological polar surface area (TPSA) is 26.3 Å². The van der Waals surface area contributed by atoms with Crippen LogP contribution in [0, 0.1) is 0 Å². The molecule has 0 bridgehead atoms. The van der Waals surface area contributed by atoms with Crippen molar-refractivity contribution in [2.24, 2.45) is 0 Å². The van der Waals surface area contributed by atoms with Gasteiger partial charge in [0.2, 0.25) is 0 Å². The number of hydrogen-bond donors (Lipinski definition) is 0. The van der Waals surface area contributed by atoms with Gasteiger partial charge in [-0.2, -0.15) is 0 Å². The molecule has 0 unspecified atom stereocenters. The maximum absolute atomic E-state index is 12.0. The molecule has 0 aromatic heterocycles. The predicted octanol–water partition coefficient (Wildman–Crippen LogP) is 1.48. The quantitative estimate of drug-likeness (QED) is 0.746. The Balaban J connectivity index is 1.95. The minimum absolute atomic E-state index is 0.0168. The summed E-state index contributed by atoms with van der Waals surface area (Å²) in [5.41, 5.74) is 0.786. The third-order valence-corrected chi connectivity index (χ3v) is 8.90. The molecule has 0 N–H and O–H groups in total. The fraction of sp³-hybridized carbons (Fsp3) is 0.0714. The molecule has 2 aromatic carbocycles. The molecule has 0 aliphatic rings. The summed E-state index contributed by atoms with van der Waals surface area (Å²) in [5.74, 6) is 0.785. The van der Waals surface area contributed by atoms with Crippen molar-refractivity contribution in [2.45, 2.75) is 0 Å². The van der Waals surface area contributed by atoms with Gasteiger partial charge >= 0.3 is 118 Å². The molecule has 0 fully saturated rings. The van der Waals surface area contributed by atoms with Gasteiger partial charge in [0.25, 0.3) is 0 Å². The third-order valence-electron chi connectivity index (χ3n) is 2.28. The molecule has 0 aliphatic heterocycles. The Morgan fingerprint density at radius 3 is 2.28 bits per heavy atom. The summed E-state index contributed by atoms with van der Waals surface area (Å²) in [6, 6.07) is 17.5. The SMILES string of the molecule is COc1ccc(C(=O)[Se][Se]c2ccccc2)cc1. The number of hydrogen-bond acceptors (Lipinski definition) is 2. The Kier molecular flexibility index (Phi) is 5.03. The van der Waals surface area contributed by atoms with Gasteiger partial charge in [-0.15, -0.1) is 0 Å². The standard InChI is InChI=1S/C14H12O2Se2/c1-16-12-9-7-11(8-10-12)14(15)18-17-13-5-3-2-4-6-13/h2-10H,1H3. The van der Waals surface area contributed by atoms with Gasteiger partial charge in [0.05, 0.1) is 0 Å². The molecule has 2 aromatic rings. The molecule has 0 saturated carbocycles. The molecule has 2 nitrogen and oxygen atoms in total. The van der Waals surface area contributed by atoms with Crippen LogP contribution in [0.1, 0.15) is 10.4 Å². The van der Waals surface area contributed by atoms with Gasteiger partial charge in [0, 0.05) is 0 Å². The van der Waals surface area contributed by atoms with E-state index in [4.69, 9.17) is 4.74 Å². The normalized spacial score (nSPS) is 10.1. The first kappa shape index (κ1) is 13.4. The van der Waals surface area contributed by atoms with Crippen LogP contribution in [0.15, 0.2) is 54.6 Å². The monoisotopic (exact) mass is 372 g/mol. The van der Waals surface area contributed by atoms with E-state index in [9.17, 15) is 4.79 Å². The third kappa shape index (κ3) is 3.72. The summed E-state index contributed by atoms with van der Waals surface area (Å²) in [4.78, 5) is 12.0. The number of ether oxygens (including phenoxy) is 1. The molecule has 0 aliphatic carbocycles. The van der Waals surface area contributed by atoms with E-state index in [0.717, 1.165) is 11.3 Å². The van der Waals surface area contributed by atoms with Crippen LogP contribution < -0.4 is 9.20 Å². The second-order valence-corrected chi connectivity index (χ2v) is 9.60. The van der Waals surface area contributed by atoms with Crippen molar-refractivity contribution < 1.29 is 9.53 Å². The molecule has 2 rings (SSSR count). The Hall–Kier alpha value is -1.05. The van der Waals surface area contributed by atoms with Crippen LogP contribution in [0.4, 0.5) is 0 Å². The zero-order valence-electron chi connectivity index (χ0n) is 9.83. The summed E-state index contributed by atoms with van der Waals surface area (Å²) in [6.07, 6.45) is 0. The fourth-order valence-corrected chi connectivity index (χ4v) is 6.88. The van der Waals surface area contributed by atoms with Crippen molar-refractivity contribution in [3.8, 4) is 5.75 Å². The Bertz CT molecular complexity index is 509. The molecule has 0 amide bonds. The number of carbonyl (C=O) groups is 1. The summed E-state index contributed by atoms with van der Waals surface area (Å²) >= 11 is 0.286. The molecular formula is C14H12O2Se2. The molecule has 0 radical (unpaired) electrons. The molecule has 18 heavy (non-hydrogen) atoms.